The first-order valence-corrected chi connectivity index (χ1v) is 8.45. The molecule has 6 heteroatoms. The smallest absolute Gasteiger partial charge is 0.411 e. The molecule has 3 aromatic rings. The molecule has 0 saturated heterocycles. The number of aromatic nitrogens is 2. The maximum Gasteiger partial charge on any atom is 0.411 e. The molecule has 0 aliphatic heterocycles. The van der Waals surface area contributed by atoms with Gasteiger partial charge in [-0.1, -0.05) is 6.92 Å². The quantitative estimate of drug-likeness (QED) is 0.731. The van der Waals surface area contributed by atoms with Crippen molar-refractivity contribution in [2.24, 2.45) is 0 Å². The van der Waals surface area contributed by atoms with E-state index < -0.39 is 6.09 Å². The molecule has 130 valence electrons. The monoisotopic (exact) mass is 338 g/mol. The molecule has 0 unspecified atom stereocenters. The van der Waals surface area contributed by atoms with Crippen LogP contribution in [0.1, 0.15) is 20.3 Å². The highest BCUT2D eigenvalue weighted by molar-refractivity contribution is 5.91. The Hall–Kier alpha value is -3.02. The van der Waals surface area contributed by atoms with E-state index in [0.717, 1.165) is 29.6 Å². The van der Waals surface area contributed by atoms with E-state index >= 15 is 0 Å². The molecule has 0 spiro atoms. The average Bonchev–Trinajstić information content (AvgIpc) is 3.04. The van der Waals surface area contributed by atoms with Crippen molar-refractivity contribution in [2.45, 2.75) is 20.3 Å². The maximum atomic E-state index is 11.4. The molecule has 2 heterocycles. The molecule has 2 aromatic heterocycles. The Morgan fingerprint density at radius 2 is 1.88 bits per heavy atom. The molecule has 1 N–H and O–H groups in total. The lowest BCUT2D eigenvalue weighted by Crippen LogP contribution is -2.30. The SMILES string of the molecule is CCCN(c1ccncc1)n1ccc2cc(N(CC)C(=O)O)ccc21. The van der Waals surface area contributed by atoms with Gasteiger partial charge in [-0.25, -0.2) is 4.79 Å². The number of rotatable bonds is 6. The summed E-state index contributed by atoms with van der Waals surface area (Å²) < 4.78 is 2.11. The Morgan fingerprint density at radius 1 is 1.12 bits per heavy atom. The second-order valence-corrected chi connectivity index (χ2v) is 5.76. The first kappa shape index (κ1) is 16.8. The third-order valence-corrected chi connectivity index (χ3v) is 4.17. The van der Waals surface area contributed by atoms with Crippen LogP contribution >= 0.6 is 0 Å². The van der Waals surface area contributed by atoms with E-state index in [1.165, 1.54) is 4.90 Å². The van der Waals surface area contributed by atoms with E-state index in [2.05, 4.69) is 21.6 Å². The Kier molecular flexibility index (Phi) is 4.88. The number of fused-ring (bicyclic) bond motifs is 1. The predicted octanol–water partition coefficient (Wildman–Crippen LogP) is 4.22. The molecule has 3 rings (SSSR count). The van der Waals surface area contributed by atoms with Crippen LogP contribution in [0.5, 0.6) is 0 Å². The van der Waals surface area contributed by atoms with E-state index in [4.69, 9.17) is 0 Å². The number of carboxylic acid groups (broad SMARTS) is 1. The summed E-state index contributed by atoms with van der Waals surface area (Å²) in [6.45, 7) is 5.26. The normalized spacial score (nSPS) is 10.8. The second kappa shape index (κ2) is 7.25. The van der Waals surface area contributed by atoms with Crippen molar-refractivity contribution >= 4 is 28.4 Å². The Balaban J connectivity index is 2.04. The van der Waals surface area contributed by atoms with Crippen molar-refractivity contribution in [1.29, 1.82) is 0 Å². The molecule has 1 aromatic carbocycles. The molecule has 0 saturated carbocycles. The highest BCUT2D eigenvalue weighted by atomic mass is 16.4. The molecular formula is C19H22N4O2. The fourth-order valence-electron chi connectivity index (χ4n) is 3.01. The molecule has 6 nitrogen and oxygen atoms in total. The van der Waals surface area contributed by atoms with E-state index in [1.807, 2.05) is 49.5 Å². The van der Waals surface area contributed by atoms with E-state index in [-0.39, 0.29) is 0 Å². The Labute approximate surface area is 146 Å². The molecule has 1 amide bonds. The molecule has 0 bridgehead atoms. The third-order valence-electron chi connectivity index (χ3n) is 4.17. The minimum absolute atomic E-state index is 0.417. The van der Waals surface area contributed by atoms with Crippen LogP contribution in [0.2, 0.25) is 0 Å². The minimum Gasteiger partial charge on any atom is -0.465 e. The number of nitrogens with zero attached hydrogens (tertiary/aromatic N) is 4. The highest BCUT2D eigenvalue weighted by Crippen LogP contribution is 2.26. The van der Waals surface area contributed by atoms with Crippen LogP contribution in [0.25, 0.3) is 10.9 Å². The Bertz CT molecular complexity index is 860. The van der Waals surface area contributed by atoms with Gasteiger partial charge in [0.1, 0.15) is 0 Å². The number of anilines is 2. The van der Waals surface area contributed by atoms with Crippen molar-refractivity contribution in [3.63, 3.8) is 0 Å². The third kappa shape index (κ3) is 3.28. The van der Waals surface area contributed by atoms with Gasteiger partial charge in [-0.05, 0) is 49.7 Å². The van der Waals surface area contributed by atoms with Gasteiger partial charge in [-0.3, -0.25) is 19.6 Å². The van der Waals surface area contributed by atoms with Gasteiger partial charge in [0, 0.05) is 42.8 Å². The Morgan fingerprint density at radius 3 is 2.52 bits per heavy atom. The number of benzene rings is 1. The second-order valence-electron chi connectivity index (χ2n) is 5.76. The van der Waals surface area contributed by atoms with Gasteiger partial charge in [0.15, 0.2) is 0 Å². The molecule has 0 fully saturated rings. The fourth-order valence-corrected chi connectivity index (χ4v) is 3.01. The first-order valence-electron chi connectivity index (χ1n) is 8.45. The van der Waals surface area contributed by atoms with Crippen LogP contribution in [0.15, 0.2) is 55.0 Å². The summed E-state index contributed by atoms with van der Waals surface area (Å²) in [5.74, 6) is 0. The zero-order valence-electron chi connectivity index (χ0n) is 14.5. The summed E-state index contributed by atoms with van der Waals surface area (Å²) in [6.07, 6.45) is 5.65. The van der Waals surface area contributed by atoms with Crippen molar-refractivity contribution < 1.29 is 9.90 Å². The first-order chi connectivity index (χ1) is 12.2. The lowest BCUT2D eigenvalue weighted by atomic mass is 10.2. The lowest BCUT2D eigenvalue weighted by Gasteiger charge is -2.26. The van der Waals surface area contributed by atoms with Crippen molar-refractivity contribution in [3.05, 3.63) is 55.0 Å². The van der Waals surface area contributed by atoms with Crippen LogP contribution in [0, 0.1) is 0 Å². The fraction of sp³-hybridized carbons (Fsp3) is 0.263. The number of carbonyl (C=O) groups is 1. The number of hydrogen-bond acceptors (Lipinski definition) is 3. The van der Waals surface area contributed by atoms with Gasteiger partial charge in [-0.2, -0.15) is 0 Å². The molecular weight excluding hydrogens is 316 g/mol. The zero-order valence-corrected chi connectivity index (χ0v) is 14.5. The van der Waals surface area contributed by atoms with Crippen LogP contribution < -0.4 is 9.91 Å². The minimum atomic E-state index is -0.939. The maximum absolute atomic E-state index is 11.4. The van der Waals surface area contributed by atoms with Crippen LogP contribution in [-0.4, -0.2) is 33.9 Å². The highest BCUT2D eigenvalue weighted by Gasteiger charge is 2.15. The summed E-state index contributed by atoms with van der Waals surface area (Å²) in [6, 6.07) is 11.7. The van der Waals surface area contributed by atoms with Gasteiger partial charge in [0.25, 0.3) is 0 Å². The molecule has 0 aliphatic carbocycles. The van der Waals surface area contributed by atoms with Crippen LogP contribution in [0.3, 0.4) is 0 Å². The average molecular weight is 338 g/mol. The van der Waals surface area contributed by atoms with Crippen LogP contribution in [-0.2, 0) is 0 Å². The molecule has 0 radical (unpaired) electrons. The molecule has 25 heavy (non-hydrogen) atoms. The largest absolute Gasteiger partial charge is 0.465 e. The standard InChI is InChI=1S/C19H22N4O2/c1-3-12-22(16-7-10-20-11-8-16)23-13-9-15-14-17(5-6-18(15)23)21(4-2)19(24)25/h5-11,13-14H,3-4,12H2,1-2H3,(H,24,25). The predicted molar refractivity (Wildman–Crippen MR) is 100 cm³/mol. The number of amides is 1. The summed E-state index contributed by atoms with van der Waals surface area (Å²) in [4.78, 5) is 16.8. The van der Waals surface area contributed by atoms with E-state index in [9.17, 15) is 9.90 Å². The van der Waals surface area contributed by atoms with Gasteiger partial charge in [-0.15, -0.1) is 0 Å². The lowest BCUT2D eigenvalue weighted by molar-refractivity contribution is 0.202. The van der Waals surface area contributed by atoms with Crippen molar-refractivity contribution in [1.82, 2.24) is 9.66 Å². The summed E-state index contributed by atoms with van der Waals surface area (Å²) >= 11 is 0. The molecule has 0 atom stereocenters. The summed E-state index contributed by atoms with van der Waals surface area (Å²) in [5.41, 5.74) is 2.79. The van der Waals surface area contributed by atoms with Crippen molar-refractivity contribution in [3.8, 4) is 0 Å². The summed E-state index contributed by atoms with van der Waals surface area (Å²) in [7, 11) is 0. The van der Waals surface area contributed by atoms with E-state index in [1.54, 1.807) is 12.4 Å². The summed E-state index contributed by atoms with van der Waals surface area (Å²) in [5, 5.41) is 12.5. The van der Waals surface area contributed by atoms with Gasteiger partial charge in [0.05, 0.1) is 11.2 Å². The topological polar surface area (TPSA) is 61.6 Å². The van der Waals surface area contributed by atoms with Gasteiger partial charge < -0.3 is 5.11 Å². The van der Waals surface area contributed by atoms with Crippen molar-refractivity contribution in [2.75, 3.05) is 23.0 Å². The number of hydrogen-bond donors (Lipinski definition) is 1. The number of pyridine rings is 1. The van der Waals surface area contributed by atoms with Gasteiger partial charge in [0.2, 0.25) is 0 Å². The van der Waals surface area contributed by atoms with Crippen LogP contribution in [0.4, 0.5) is 16.2 Å². The van der Waals surface area contributed by atoms with E-state index in [0.29, 0.717) is 12.2 Å². The molecule has 0 aliphatic rings. The zero-order chi connectivity index (χ0) is 17.8. The van der Waals surface area contributed by atoms with Gasteiger partial charge >= 0.3 is 6.09 Å².